The topological polar surface area (TPSA) is 83.8 Å². The van der Waals surface area contributed by atoms with Crippen molar-refractivity contribution in [3.8, 4) is 16.2 Å². The zero-order valence-electron chi connectivity index (χ0n) is 21.5. The van der Waals surface area contributed by atoms with Crippen LogP contribution in [0, 0.1) is 15.7 Å². The number of aliphatic hydroxyl groups is 2. The first-order valence-electron chi connectivity index (χ1n) is 13.4. The van der Waals surface area contributed by atoms with E-state index in [0.717, 1.165) is 65.6 Å². The van der Waals surface area contributed by atoms with Crippen molar-refractivity contribution in [2.24, 2.45) is 11.8 Å². The molecule has 2 aromatic rings. The Morgan fingerprint density at radius 2 is 1.89 bits per heavy atom. The van der Waals surface area contributed by atoms with Gasteiger partial charge < -0.3 is 14.9 Å². The summed E-state index contributed by atoms with van der Waals surface area (Å²) in [6.45, 7) is 2.13. The summed E-state index contributed by atoms with van der Waals surface area (Å²) < 4.78 is 6.33. The zero-order chi connectivity index (χ0) is 26.6. The normalized spacial score (nSPS) is 20.5. The predicted molar refractivity (Wildman–Crippen MR) is 154 cm³/mol. The molecule has 1 aromatic heterocycles. The quantitative estimate of drug-likeness (QED) is 0.0583. The molecule has 0 bridgehead atoms. The summed E-state index contributed by atoms with van der Waals surface area (Å²) in [7, 11) is 3.21. The van der Waals surface area contributed by atoms with Gasteiger partial charge in [-0.2, -0.15) is 0 Å². The molecule has 1 fully saturated rings. The van der Waals surface area contributed by atoms with Crippen molar-refractivity contribution in [2.75, 3.05) is 0 Å². The molecular formula is C29H38O5S3. The fourth-order valence-electron chi connectivity index (χ4n) is 4.78. The Morgan fingerprint density at radius 1 is 1.14 bits per heavy atom. The molecular weight excluding hydrogens is 525 g/mol. The second kappa shape index (κ2) is 15.6. The van der Waals surface area contributed by atoms with E-state index in [2.05, 4.69) is 6.92 Å². The van der Waals surface area contributed by atoms with E-state index < -0.39 is 12.2 Å². The second-order valence-electron chi connectivity index (χ2n) is 9.82. The summed E-state index contributed by atoms with van der Waals surface area (Å²) in [5.74, 6) is 0.0147. The lowest BCUT2D eigenvalue weighted by Gasteiger charge is -2.18. The van der Waals surface area contributed by atoms with Gasteiger partial charge in [0.05, 0.1) is 12.2 Å². The van der Waals surface area contributed by atoms with Gasteiger partial charge in [-0.3, -0.25) is 9.59 Å². The van der Waals surface area contributed by atoms with Crippen molar-refractivity contribution in [1.82, 2.24) is 0 Å². The molecule has 4 atom stereocenters. The van der Waals surface area contributed by atoms with E-state index in [-0.39, 0.29) is 30.0 Å². The summed E-state index contributed by atoms with van der Waals surface area (Å²) in [5, 5.41) is 20.5. The Kier molecular flexibility index (Phi) is 12.6. The van der Waals surface area contributed by atoms with E-state index in [1.165, 1.54) is 0 Å². The van der Waals surface area contributed by atoms with Crippen LogP contribution in [0.25, 0.3) is 10.4 Å². The van der Waals surface area contributed by atoms with Crippen LogP contribution in [0.3, 0.4) is 0 Å². The van der Waals surface area contributed by atoms with Gasteiger partial charge in [0.2, 0.25) is 0 Å². The van der Waals surface area contributed by atoms with E-state index in [0.29, 0.717) is 18.6 Å². The van der Waals surface area contributed by atoms with E-state index in [1.54, 1.807) is 26.8 Å². The standard InChI is InChI=1S/C29H38O5S3/c1-2-3-6-9-21(30)14-17-24-23(25(31)18-26(24)32)10-7-4-5-8-11-28(33)34-22-15-12-20(13-16-22)27-19-29(35)37-36-27/h12-17,19,21,23-24,26,30,32H,2-11,18H2,1H3/t21-,23+,24+,26+/m0/s1. The van der Waals surface area contributed by atoms with Crippen LogP contribution < -0.4 is 4.74 Å². The number of esters is 1. The van der Waals surface area contributed by atoms with Gasteiger partial charge in [-0.15, -0.1) is 0 Å². The lowest BCUT2D eigenvalue weighted by molar-refractivity contribution is -0.134. The number of ketones is 1. The molecule has 0 unspecified atom stereocenters. The van der Waals surface area contributed by atoms with Gasteiger partial charge >= 0.3 is 5.97 Å². The highest BCUT2D eigenvalue weighted by Gasteiger charge is 2.39. The third kappa shape index (κ3) is 9.84. The number of Topliss-reactive ketones (excluding diaryl/α,β-unsaturated/α-hetero) is 1. The van der Waals surface area contributed by atoms with Gasteiger partial charge in [0.1, 0.15) is 15.4 Å². The maximum absolute atomic E-state index is 12.4. The molecule has 0 radical (unpaired) electrons. The summed E-state index contributed by atoms with van der Waals surface area (Å²) in [6.07, 6.45) is 11.0. The molecule has 1 aliphatic rings. The minimum Gasteiger partial charge on any atom is -0.427 e. The van der Waals surface area contributed by atoms with Crippen molar-refractivity contribution in [2.45, 2.75) is 89.8 Å². The summed E-state index contributed by atoms with van der Waals surface area (Å²) in [6, 6.07) is 9.47. The summed E-state index contributed by atoms with van der Waals surface area (Å²) in [4.78, 5) is 25.7. The molecule has 3 rings (SSSR count). The smallest absolute Gasteiger partial charge is 0.311 e. The van der Waals surface area contributed by atoms with Gasteiger partial charge in [0, 0.05) is 29.6 Å². The van der Waals surface area contributed by atoms with Crippen molar-refractivity contribution in [1.29, 1.82) is 0 Å². The minimum absolute atomic E-state index is 0.112. The number of rotatable bonds is 15. The monoisotopic (exact) mass is 562 g/mol. The van der Waals surface area contributed by atoms with Crippen molar-refractivity contribution in [3.63, 3.8) is 0 Å². The molecule has 8 heteroatoms. The largest absolute Gasteiger partial charge is 0.427 e. The Hall–Kier alpha value is -1.71. The maximum Gasteiger partial charge on any atom is 0.311 e. The number of ether oxygens (including phenoxy) is 1. The van der Waals surface area contributed by atoms with Crippen LogP contribution in [0.2, 0.25) is 0 Å². The third-order valence-electron chi connectivity index (χ3n) is 6.87. The highest BCUT2D eigenvalue weighted by Crippen LogP contribution is 2.34. The SMILES string of the molecule is CCCCC[C@H](O)C=C[C@H]1[C@H](O)CC(=O)[C@@H]1CCCCCCC(=O)Oc1ccc(-c2cc(=S)ss2)cc1. The Morgan fingerprint density at radius 3 is 2.59 bits per heavy atom. The third-order valence-corrected chi connectivity index (χ3v) is 9.78. The average molecular weight is 563 g/mol. The first-order valence-corrected chi connectivity index (χ1v) is 15.9. The summed E-state index contributed by atoms with van der Waals surface area (Å²) >= 11 is 5.18. The average Bonchev–Trinajstić information content (AvgIpc) is 3.42. The molecule has 0 aliphatic heterocycles. The zero-order valence-corrected chi connectivity index (χ0v) is 23.9. The number of hydrogen-bond donors (Lipinski definition) is 2. The van der Waals surface area contributed by atoms with Crippen molar-refractivity contribution in [3.05, 3.63) is 46.3 Å². The predicted octanol–water partition coefficient (Wildman–Crippen LogP) is 7.52. The van der Waals surface area contributed by atoms with Crippen LogP contribution in [0.5, 0.6) is 5.75 Å². The van der Waals surface area contributed by atoms with Crippen LogP contribution in [0.15, 0.2) is 42.5 Å². The molecule has 0 saturated heterocycles. The highest BCUT2D eigenvalue weighted by molar-refractivity contribution is 7.80. The van der Waals surface area contributed by atoms with E-state index in [1.807, 2.05) is 36.4 Å². The Balaban J connectivity index is 1.33. The number of hydrogen-bond acceptors (Lipinski definition) is 8. The molecule has 1 aromatic carbocycles. The van der Waals surface area contributed by atoms with Gasteiger partial charge in [-0.05, 0) is 55.2 Å². The number of aliphatic hydroxyl groups excluding tert-OH is 2. The van der Waals surface area contributed by atoms with Crippen molar-refractivity contribution >= 4 is 44.7 Å². The van der Waals surface area contributed by atoms with E-state index in [9.17, 15) is 19.8 Å². The van der Waals surface area contributed by atoms with Gasteiger partial charge in [-0.25, -0.2) is 0 Å². The van der Waals surface area contributed by atoms with Gasteiger partial charge in [0.15, 0.2) is 0 Å². The molecule has 5 nitrogen and oxygen atoms in total. The van der Waals surface area contributed by atoms with Crippen LogP contribution in [-0.4, -0.2) is 34.2 Å². The highest BCUT2D eigenvalue weighted by atomic mass is 32.9. The summed E-state index contributed by atoms with van der Waals surface area (Å²) in [5.41, 5.74) is 1.06. The second-order valence-corrected chi connectivity index (χ2v) is 12.7. The first-order chi connectivity index (χ1) is 17.9. The fraction of sp³-hybridized carbons (Fsp3) is 0.552. The molecule has 37 heavy (non-hydrogen) atoms. The number of carbonyl (C=O) groups excluding carboxylic acids is 2. The Labute approximate surface area is 232 Å². The fourth-order valence-corrected chi connectivity index (χ4v) is 7.18. The van der Waals surface area contributed by atoms with Crippen LogP contribution in [-0.2, 0) is 9.59 Å². The van der Waals surface area contributed by atoms with E-state index in [4.69, 9.17) is 17.0 Å². The van der Waals surface area contributed by atoms with Gasteiger partial charge in [0.25, 0.3) is 0 Å². The van der Waals surface area contributed by atoms with E-state index >= 15 is 0 Å². The Bertz CT molecular complexity index is 1070. The van der Waals surface area contributed by atoms with Crippen LogP contribution >= 0.6 is 32.9 Å². The van der Waals surface area contributed by atoms with Gasteiger partial charge in [-0.1, -0.05) is 90.5 Å². The lowest BCUT2D eigenvalue weighted by atomic mass is 9.88. The molecule has 1 heterocycles. The first kappa shape index (κ1) is 29.8. The molecule has 202 valence electrons. The lowest BCUT2D eigenvalue weighted by Crippen LogP contribution is -2.19. The molecule has 0 spiro atoms. The maximum atomic E-state index is 12.4. The minimum atomic E-state index is -0.662. The number of benzene rings is 1. The molecule has 1 aliphatic carbocycles. The number of unbranched alkanes of at least 4 members (excludes halogenated alkanes) is 5. The number of carbonyl (C=O) groups is 2. The van der Waals surface area contributed by atoms with Crippen molar-refractivity contribution < 1.29 is 24.5 Å². The van der Waals surface area contributed by atoms with Crippen LogP contribution in [0.4, 0.5) is 0 Å². The molecule has 2 N–H and O–H groups in total. The van der Waals surface area contributed by atoms with Crippen LogP contribution in [0.1, 0.15) is 77.6 Å². The molecule has 0 amide bonds. The molecule has 1 saturated carbocycles.